The molecule has 108 valence electrons. The van der Waals surface area contributed by atoms with Crippen LogP contribution in [0.5, 0.6) is 11.6 Å². The summed E-state index contributed by atoms with van der Waals surface area (Å²) >= 11 is 0. The predicted molar refractivity (Wildman–Crippen MR) is 79.4 cm³/mol. The van der Waals surface area contributed by atoms with Gasteiger partial charge >= 0.3 is 0 Å². The zero-order valence-corrected chi connectivity index (χ0v) is 12.6. The molecule has 1 aromatic heterocycles. The monoisotopic (exact) mass is 258 g/mol. The number of pyridine rings is 1. The highest BCUT2D eigenvalue weighted by atomic mass is 16.5. The molecule has 0 aromatic carbocycles. The molecular weight excluding hydrogens is 228 g/mol. The van der Waals surface area contributed by atoms with Crippen LogP contribution in [0.15, 0.2) is 18.3 Å². The van der Waals surface area contributed by atoms with Crippen LogP contribution in [0.25, 0.3) is 0 Å². The van der Waals surface area contributed by atoms with E-state index in [0.717, 1.165) is 0 Å². The quantitative estimate of drug-likeness (QED) is 0.898. The summed E-state index contributed by atoms with van der Waals surface area (Å²) in [5.74, 6) is 1.28. The second-order valence-corrected chi connectivity index (χ2v) is 3.41. The van der Waals surface area contributed by atoms with Crippen LogP contribution >= 0.6 is 0 Å². The number of hydrogen-bond donors (Lipinski definition) is 1. The number of nitrogens with two attached hydrogens (primary N) is 1. The van der Waals surface area contributed by atoms with Crippen molar-refractivity contribution in [3.63, 3.8) is 0 Å². The zero-order chi connectivity index (χ0) is 14.4. The van der Waals surface area contributed by atoms with Gasteiger partial charge < -0.3 is 15.2 Å². The maximum absolute atomic E-state index is 5.40. The van der Waals surface area contributed by atoms with Crippen molar-refractivity contribution >= 4 is 0 Å². The smallest absolute Gasteiger partial charge is 0.213 e. The Kier molecular flexibility index (Phi) is 14.6. The SMILES string of the molecule is CC.CCC.COc1ccc(O[C@H](C)CN)nc1.[HH]. The van der Waals surface area contributed by atoms with Crippen molar-refractivity contribution in [2.45, 2.75) is 47.1 Å². The zero-order valence-electron chi connectivity index (χ0n) is 12.6. The predicted octanol–water partition coefficient (Wildman–Crippen LogP) is 3.50. The highest BCUT2D eigenvalue weighted by molar-refractivity contribution is 5.22. The minimum absolute atomic E-state index is 0. The average molecular weight is 258 g/mol. The third-order valence-corrected chi connectivity index (χ3v) is 1.60. The van der Waals surface area contributed by atoms with Crippen LogP contribution in [0.1, 0.15) is 42.5 Å². The minimum Gasteiger partial charge on any atom is -0.495 e. The summed E-state index contributed by atoms with van der Waals surface area (Å²) in [6, 6.07) is 3.55. The van der Waals surface area contributed by atoms with E-state index >= 15 is 0 Å². The van der Waals surface area contributed by atoms with Gasteiger partial charge in [0.2, 0.25) is 5.88 Å². The molecule has 0 fully saturated rings. The van der Waals surface area contributed by atoms with Crippen LogP contribution in [-0.4, -0.2) is 24.7 Å². The van der Waals surface area contributed by atoms with E-state index < -0.39 is 0 Å². The standard InChI is InChI=1S/C9H14N2O2.C3H8.C2H6.H2/c1-7(5-10)13-9-4-3-8(12-2)6-11-9;1-3-2;1-2;/h3-4,6-7H,5,10H2,1-2H3;3H2,1-2H3;1-2H3;1H/t7-;;;/m1.../s1. The first-order valence-corrected chi connectivity index (χ1v) is 6.54. The molecule has 1 rings (SSSR count). The summed E-state index contributed by atoms with van der Waals surface area (Å²) < 4.78 is 10.3. The Morgan fingerprint density at radius 3 is 2.22 bits per heavy atom. The normalized spacial score (nSPS) is 10.2. The molecule has 2 N–H and O–H groups in total. The molecule has 0 spiro atoms. The number of methoxy groups -OCH3 is 1. The lowest BCUT2D eigenvalue weighted by Gasteiger charge is -2.11. The molecule has 0 aliphatic carbocycles. The second-order valence-electron chi connectivity index (χ2n) is 3.41. The molecule has 1 heterocycles. The summed E-state index contributed by atoms with van der Waals surface area (Å²) in [7, 11) is 1.60. The van der Waals surface area contributed by atoms with Gasteiger partial charge in [0.1, 0.15) is 11.9 Å². The molecule has 0 radical (unpaired) electrons. The van der Waals surface area contributed by atoms with Crippen LogP contribution in [-0.2, 0) is 0 Å². The third-order valence-electron chi connectivity index (χ3n) is 1.60. The van der Waals surface area contributed by atoms with Gasteiger partial charge in [0.15, 0.2) is 0 Å². The summed E-state index contributed by atoms with van der Waals surface area (Å²) in [4.78, 5) is 4.03. The van der Waals surface area contributed by atoms with Crippen molar-refractivity contribution in [1.29, 1.82) is 0 Å². The Balaban J connectivity index is -0.000000376. The summed E-state index contributed by atoms with van der Waals surface area (Å²) in [5, 5.41) is 0. The Morgan fingerprint density at radius 1 is 1.33 bits per heavy atom. The van der Waals surface area contributed by atoms with Gasteiger partial charge in [-0.25, -0.2) is 4.98 Å². The summed E-state index contributed by atoms with van der Waals surface area (Å²) in [6.45, 7) is 10.6. The molecule has 1 atom stereocenters. The molecule has 4 heteroatoms. The first-order chi connectivity index (χ1) is 8.67. The number of rotatable bonds is 4. The molecule has 0 aliphatic heterocycles. The Morgan fingerprint density at radius 2 is 1.89 bits per heavy atom. The lowest BCUT2D eigenvalue weighted by molar-refractivity contribution is 0.220. The van der Waals surface area contributed by atoms with Gasteiger partial charge in [-0.2, -0.15) is 0 Å². The van der Waals surface area contributed by atoms with Crippen LogP contribution in [0.3, 0.4) is 0 Å². The van der Waals surface area contributed by atoms with Gasteiger partial charge in [-0.1, -0.05) is 34.1 Å². The van der Waals surface area contributed by atoms with Gasteiger partial charge in [-0.15, -0.1) is 0 Å². The minimum atomic E-state index is -0.0131. The third kappa shape index (κ3) is 9.90. The van der Waals surface area contributed by atoms with Crippen LogP contribution in [0.4, 0.5) is 0 Å². The van der Waals surface area contributed by atoms with Crippen molar-refractivity contribution in [1.82, 2.24) is 4.98 Å². The fourth-order valence-electron chi connectivity index (χ4n) is 0.811. The van der Waals surface area contributed by atoms with E-state index in [-0.39, 0.29) is 7.53 Å². The van der Waals surface area contributed by atoms with E-state index in [4.69, 9.17) is 15.2 Å². The lowest BCUT2D eigenvalue weighted by Crippen LogP contribution is -2.23. The van der Waals surface area contributed by atoms with Gasteiger partial charge in [0, 0.05) is 14.0 Å². The fraction of sp³-hybridized carbons (Fsp3) is 0.643. The second kappa shape index (κ2) is 13.8. The Hall–Kier alpha value is -1.29. The molecule has 0 bridgehead atoms. The number of nitrogens with zero attached hydrogens (tertiary/aromatic N) is 1. The number of aromatic nitrogens is 1. The van der Waals surface area contributed by atoms with Crippen LogP contribution in [0, 0.1) is 0 Å². The molecular formula is C14H30N2O2. The molecule has 0 saturated carbocycles. The summed E-state index contributed by atoms with van der Waals surface area (Å²) in [6.07, 6.45) is 2.85. The highest BCUT2D eigenvalue weighted by Gasteiger charge is 2.01. The molecule has 0 saturated heterocycles. The van der Waals surface area contributed by atoms with E-state index in [9.17, 15) is 0 Å². The maximum atomic E-state index is 5.40. The van der Waals surface area contributed by atoms with Crippen LogP contribution < -0.4 is 15.2 Å². The van der Waals surface area contributed by atoms with E-state index in [0.29, 0.717) is 18.2 Å². The van der Waals surface area contributed by atoms with Crippen molar-refractivity contribution < 1.29 is 10.9 Å². The summed E-state index contributed by atoms with van der Waals surface area (Å²) in [5.41, 5.74) is 5.40. The molecule has 18 heavy (non-hydrogen) atoms. The van der Waals surface area contributed by atoms with E-state index in [1.165, 1.54) is 6.42 Å². The van der Waals surface area contributed by atoms with Crippen molar-refractivity contribution in [3.8, 4) is 11.6 Å². The largest absolute Gasteiger partial charge is 0.495 e. The van der Waals surface area contributed by atoms with Gasteiger partial charge in [0.25, 0.3) is 0 Å². The Bertz CT molecular complexity index is 269. The Labute approximate surface area is 113 Å². The molecule has 1 aromatic rings. The topological polar surface area (TPSA) is 57.4 Å². The molecule has 0 aliphatic rings. The van der Waals surface area contributed by atoms with E-state index in [1.54, 1.807) is 25.4 Å². The molecule has 0 unspecified atom stereocenters. The van der Waals surface area contributed by atoms with Crippen LogP contribution in [0.2, 0.25) is 0 Å². The molecule has 4 nitrogen and oxygen atoms in total. The van der Waals surface area contributed by atoms with Gasteiger partial charge in [0.05, 0.1) is 13.3 Å². The number of hydrogen-bond acceptors (Lipinski definition) is 4. The van der Waals surface area contributed by atoms with Crippen molar-refractivity contribution in [2.75, 3.05) is 13.7 Å². The van der Waals surface area contributed by atoms with E-state index in [2.05, 4.69) is 18.8 Å². The highest BCUT2D eigenvalue weighted by Crippen LogP contribution is 2.13. The van der Waals surface area contributed by atoms with Crippen molar-refractivity contribution in [2.24, 2.45) is 5.73 Å². The fourth-order valence-corrected chi connectivity index (χ4v) is 0.811. The first-order valence-electron chi connectivity index (χ1n) is 6.54. The average Bonchev–Trinajstić information content (AvgIpc) is 2.42. The van der Waals surface area contributed by atoms with Crippen molar-refractivity contribution in [3.05, 3.63) is 18.3 Å². The number of ether oxygens (including phenoxy) is 2. The molecule has 0 amide bonds. The van der Waals surface area contributed by atoms with E-state index in [1.807, 2.05) is 20.8 Å². The maximum Gasteiger partial charge on any atom is 0.213 e. The van der Waals surface area contributed by atoms with Gasteiger partial charge in [-0.05, 0) is 13.0 Å². The first kappa shape index (κ1) is 19.1. The lowest BCUT2D eigenvalue weighted by atomic mass is 10.4. The van der Waals surface area contributed by atoms with Gasteiger partial charge in [-0.3, -0.25) is 0 Å².